The van der Waals surface area contributed by atoms with Crippen molar-refractivity contribution in [3.8, 4) is 0 Å². The molecule has 0 bridgehead atoms. The predicted molar refractivity (Wildman–Crippen MR) is 84.9 cm³/mol. The topological polar surface area (TPSA) is 44.4 Å². The molecule has 0 heterocycles. The summed E-state index contributed by atoms with van der Waals surface area (Å²) in [6, 6.07) is 1.22. The van der Waals surface area contributed by atoms with Crippen molar-refractivity contribution < 1.29 is 4.79 Å². The number of hydrogen-bond donors (Lipinski definition) is 2. The second-order valence-corrected chi connectivity index (χ2v) is 6.33. The maximum absolute atomic E-state index is 11.6. The van der Waals surface area contributed by atoms with Crippen LogP contribution in [0, 0.1) is 0 Å². The standard InChI is InChI=1S/C16H33N3O/c1-14(2)17-12-10-16(20)18-11-7-13-19(3)15-8-5-4-6-9-15/h14-15,17H,4-13H2,1-3H3,(H,18,20). The third kappa shape index (κ3) is 7.85. The molecule has 0 unspecified atom stereocenters. The van der Waals surface area contributed by atoms with E-state index in [0.29, 0.717) is 12.5 Å². The van der Waals surface area contributed by atoms with E-state index in [4.69, 9.17) is 0 Å². The van der Waals surface area contributed by atoms with Gasteiger partial charge in [-0.1, -0.05) is 33.1 Å². The van der Waals surface area contributed by atoms with Crippen LogP contribution < -0.4 is 10.6 Å². The Morgan fingerprint density at radius 1 is 1.20 bits per heavy atom. The fraction of sp³-hybridized carbons (Fsp3) is 0.938. The van der Waals surface area contributed by atoms with Gasteiger partial charge >= 0.3 is 0 Å². The lowest BCUT2D eigenvalue weighted by atomic mass is 9.94. The number of nitrogens with zero attached hydrogens (tertiary/aromatic N) is 1. The molecule has 0 radical (unpaired) electrons. The smallest absolute Gasteiger partial charge is 0.221 e. The molecule has 0 aromatic heterocycles. The van der Waals surface area contributed by atoms with Crippen LogP contribution in [0.4, 0.5) is 0 Å². The molecule has 1 saturated carbocycles. The Labute approximate surface area is 124 Å². The summed E-state index contributed by atoms with van der Waals surface area (Å²) in [5, 5.41) is 6.27. The largest absolute Gasteiger partial charge is 0.356 e. The first-order valence-electron chi connectivity index (χ1n) is 8.30. The lowest BCUT2D eigenvalue weighted by Gasteiger charge is -2.31. The summed E-state index contributed by atoms with van der Waals surface area (Å²) in [5.74, 6) is 0.165. The van der Waals surface area contributed by atoms with Crippen molar-refractivity contribution in [3.05, 3.63) is 0 Å². The van der Waals surface area contributed by atoms with Gasteiger partial charge in [0.2, 0.25) is 5.91 Å². The molecule has 0 atom stereocenters. The molecule has 0 aromatic rings. The van der Waals surface area contributed by atoms with Crippen LogP contribution in [-0.2, 0) is 4.79 Å². The number of carbonyl (C=O) groups is 1. The fourth-order valence-corrected chi connectivity index (χ4v) is 2.82. The normalized spacial score (nSPS) is 16.9. The van der Waals surface area contributed by atoms with Crippen LogP contribution in [0.25, 0.3) is 0 Å². The average Bonchev–Trinajstić information content (AvgIpc) is 2.44. The molecule has 1 aliphatic carbocycles. The number of hydrogen-bond acceptors (Lipinski definition) is 3. The van der Waals surface area contributed by atoms with Gasteiger partial charge in [0, 0.05) is 31.6 Å². The van der Waals surface area contributed by atoms with Crippen molar-refractivity contribution >= 4 is 5.91 Å². The highest BCUT2D eigenvalue weighted by molar-refractivity contribution is 5.75. The Kier molecular flexibility index (Phi) is 8.86. The van der Waals surface area contributed by atoms with Crippen LogP contribution in [0.1, 0.15) is 58.8 Å². The van der Waals surface area contributed by atoms with E-state index in [1.807, 2.05) is 0 Å². The molecule has 1 fully saturated rings. The molecule has 20 heavy (non-hydrogen) atoms. The Morgan fingerprint density at radius 2 is 1.90 bits per heavy atom. The van der Waals surface area contributed by atoms with E-state index in [-0.39, 0.29) is 5.91 Å². The van der Waals surface area contributed by atoms with Crippen molar-refractivity contribution in [2.24, 2.45) is 0 Å². The van der Waals surface area contributed by atoms with Gasteiger partial charge in [0.15, 0.2) is 0 Å². The molecule has 1 amide bonds. The molecule has 0 aromatic carbocycles. The van der Waals surface area contributed by atoms with E-state index in [2.05, 4.69) is 36.4 Å². The van der Waals surface area contributed by atoms with Crippen LogP contribution in [-0.4, -0.2) is 49.6 Å². The molecule has 0 aliphatic heterocycles. The minimum atomic E-state index is 0.165. The van der Waals surface area contributed by atoms with Gasteiger partial charge in [-0.25, -0.2) is 0 Å². The van der Waals surface area contributed by atoms with Gasteiger partial charge in [-0.15, -0.1) is 0 Å². The van der Waals surface area contributed by atoms with Crippen LogP contribution >= 0.6 is 0 Å². The van der Waals surface area contributed by atoms with Crippen molar-refractivity contribution in [1.82, 2.24) is 15.5 Å². The van der Waals surface area contributed by atoms with Gasteiger partial charge in [0.25, 0.3) is 0 Å². The maximum atomic E-state index is 11.6. The Hall–Kier alpha value is -0.610. The molecule has 1 rings (SSSR count). The lowest BCUT2D eigenvalue weighted by molar-refractivity contribution is -0.121. The van der Waals surface area contributed by atoms with Crippen molar-refractivity contribution in [2.75, 3.05) is 26.7 Å². The summed E-state index contributed by atoms with van der Waals surface area (Å²) >= 11 is 0. The van der Waals surface area contributed by atoms with Gasteiger partial charge in [-0.05, 0) is 32.9 Å². The Bertz CT molecular complexity index is 262. The molecule has 0 spiro atoms. The number of nitrogens with one attached hydrogen (secondary N) is 2. The summed E-state index contributed by atoms with van der Waals surface area (Å²) in [5.41, 5.74) is 0. The molecule has 1 aliphatic rings. The minimum absolute atomic E-state index is 0.165. The zero-order chi connectivity index (χ0) is 14.8. The zero-order valence-corrected chi connectivity index (χ0v) is 13.6. The molecule has 4 heteroatoms. The molecule has 2 N–H and O–H groups in total. The first-order chi connectivity index (χ1) is 9.59. The SMILES string of the molecule is CC(C)NCCC(=O)NCCCN(C)C1CCCCC1. The number of amides is 1. The predicted octanol–water partition coefficient (Wildman–Crippen LogP) is 2.15. The maximum Gasteiger partial charge on any atom is 0.221 e. The number of carbonyl (C=O) groups excluding carboxylic acids is 1. The lowest BCUT2D eigenvalue weighted by Crippen LogP contribution is -2.36. The van der Waals surface area contributed by atoms with E-state index in [1.54, 1.807) is 0 Å². The van der Waals surface area contributed by atoms with Crippen molar-refractivity contribution in [2.45, 2.75) is 70.9 Å². The zero-order valence-electron chi connectivity index (χ0n) is 13.6. The Balaban J connectivity index is 1.98. The third-order valence-electron chi connectivity index (χ3n) is 4.11. The first-order valence-corrected chi connectivity index (χ1v) is 8.30. The van der Waals surface area contributed by atoms with Gasteiger partial charge < -0.3 is 15.5 Å². The molecular weight excluding hydrogens is 250 g/mol. The molecule has 4 nitrogen and oxygen atoms in total. The fourth-order valence-electron chi connectivity index (χ4n) is 2.82. The summed E-state index contributed by atoms with van der Waals surface area (Å²) in [4.78, 5) is 14.1. The van der Waals surface area contributed by atoms with E-state index in [1.165, 1.54) is 32.1 Å². The van der Waals surface area contributed by atoms with Crippen LogP contribution in [0.3, 0.4) is 0 Å². The molecule has 0 saturated heterocycles. The highest BCUT2D eigenvalue weighted by Crippen LogP contribution is 2.21. The van der Waals surface area contributed by atoms with E-state index >= 15 is 0 Å². The van der Waals surface area contributed by atoms with Crippen LogP contribution in [0.2, 0.25) is 0 Å². The van der Waals surface area contributed by atoms with Gasteiger partial charge in [-0.2, -0.15) is 0 Å². The minimum Gasteiger partial charge on any atom is -0.356 e. The third-order valence-corrected chi connectivity index (χ3v) is 4.11. The van der Waals surface area contributed by atoms with E-state index < -0.39 is 0 Å². The summed E-state index contributed by atoms with van der Waals surface area (Å²) in [7, 11) is 2.23. The van der Waals surface area contributed by atoms with E-state index in [9.17, 15) is 4.79 Å². The van der Waals surface area contributed by atoms with Gasteiger partial charge in [0.05, 0.1) is 0 Å². The van der Waals surface area contributed by atoms with Gasteiger partial charge in [-0.3, -0.25) is 4.79 Å². The van der Waals surface area contributed by atoms with Gasteiger partial charge in [0.1, 0.15) is 0 Å². The molecule has 118 valence electrons. The summed E-state index contributed by atoms with van der Waals surface area (Å²) < 4.78 is 0. The van der Waals surface area contributed by atoms with Crippen molar-refractivity contribution in [3.63, 3.8) is 0 Å². The second-order valence-electron chi connectivity index (χ2n) is 6.33. The summed E-state index contributed by atoms with van der Waals surface area (Å²) in [6.07, 6.45) is 8.51. The highest BCUT2D eigenvalue weighted by atomic mass is 16.1. The Morgan fingerprint density at radius 3 is 2.55 bits per heavy atom. The summed E-state index contributed by atoms with van der Waals surface area (Å²) in [6.45, 7) is 6.86. The molecular formula is C16H33N3O. The first kappa shape index (κ1) is 17.4. The monoisotopic (exact) mass is 283 g/mol. The van der Waals surface area contributed by atoms with Crippen molar-refractivity contribution in [1.29, 1.82) is 0 Å². The van der Waals surface area contributed by atoms with Crippen LogP contribution in [0.15, 0.2) is 0 Å². The highest BCUT2D eigenvalue weighted by Gasteiger charge is 2.17. The number of rotatable bonds is 9. The quantitative estimate of drug-likeness (QED) is 0.637. The second kappa shape index (κ2) is 10.2. The van der Waals surface area contributed by atoms with Crippen LogP contribution in [0.5, 0.6) is 0 Å². The average molecular weight is 283 g/mol. The van der Waals surface area contributed by atoms with E-state index in [0.717, 1.165) is 32.1 Å².